The Labute approximate surface area is 132 Å². The van der Waals surface area contributed by atoms with E-state index in [9.17, 15) is 0 Å². The van der Waals surface area contributed by atoms with Crippen LogP contribution in [0.4, 0.5) is 0 Å². The molecule has 5 nitrogen and oxygen atoms in total. The van der Waals surface area contributed by atoms with Crippen LogP contribution >= 0.6 is 0 Å². The van der Waals surface area contributed by atoms with E-state index in [0.29, 0.717) is 5.92 Å². The molecule has 0 unspecified atom stereocenters. The summed E-state index contributed by atoms with van der Waals surface area (Å²) in [5.74, 6) is 2.47. The summed E-state index contributed by atoms with van der Waals surface area (Å²) >= 11 is 0. The number of piperidine rings is 1. The molecule has 22 heavy (non-hydrogen) atoms. The molecular formula is C17H25N5. The SMILES string of the molecule is CC(C)(C)c1n[nH]c(CN2CCC[C@H](c3ccncc3)C2)n1. The summed E-state index contributed by atoms with van der Waals surface area (Å²) < 4.78 is 0. The maximum absolute atomic E-state index is 4.66. The molecule has 1 aliphatic rings. The highest BCUT2D eigenvalue weighted by atomic mass is 15.3. The van der Waals surface area contributed by atoms with Gasteiger partial charge in [-0.2, -0.15) is 5.10 Å². The number of nitrogens with zero attached hydrogens (tertiary/aromatic N) is 4. The zero-order chi connectivity index (χ0) is 15.6. The molecule has 0 spiro atoms. The van der Waals surface area contributed by atoms with E-state index in [1.165, 1.54) is 18.4 Å². The number of rotatable bonds is 3. The summed E-state index contributed by atoms with van der Waals surface area (Å²) in [5, 5.41) is 7.46. The lowest BCUT2D eigenvalue weighted by Crippen LogP contribution is -2.34. The summed E-state index contributed by atoms with van der Waals surface area (Å²) in [6, 6.07) is 4.28. The minimum absolute atomic E-state index is 0.00375. The Bertz CT molecular complexity index is 599. The van der Waals surface area contributed by atoms with Gasteiger partial charge in [0.05, 0.1) is 6.54 Å². The van der Waals surface area contributed by atoms with Crippen molar-refractivity contribution >= 4 is 0 Å². The van der Waals surface area contributed by atoms with Gasteiger partial charge in [0.15, 0.2) is 5.82 Å². The standard InChI is InChI=1S/C17H25N5/c1-17(2,3)16-19-15(20-21-16)12-22-10-4-5-14(11-22)13-6-8-18-9-7-13/h6-9,14H,4-5,10-12H2,1-3H3,(H,19,20,21)/t14-/m0/s1. The Hall–Kier alpha value is -1.75. The normalized spacial score (nSPS) is 20.2. The molecule has 5 heteroatoms. The van der Waals surface area contributed by atoms with Crippen LogP contribution in [0.3, 0.4) is 0 Å². The molecule has 1 saturated heterocycles. The van der Waals surface area contributed by atoms with Crippen molar-refractivity contribution in [3.8, 4) is 0 Å². The summed E-state index contributed by atoms with van der Waals surface area (Å²) in [6.45, 7) is 9.48. The van der Waals surface area contributed by atoms with Crippen molar-refractivity contribution in [2.24, 2.45) is 0 Å². The van der Waals surface area contributed by atoms with E-state index < -0.39 is 0 Å². The predicted molar refractivity (Wildman–Crippen MR) is 86.6 cm³/mol. The van der Waals surface area contributed by atoms with Gasteiger partial charge in [-0.05, 0) is 43.0 Å². The Kier molecular flexibility index (Phi) is 4.25. The minimum atomic E-state index is -0.00375. The number of nitrogens with one attached hydrogen (secondary N) is 1. The third kappa shape index (κ3) is 3.53. The van der Waals surface area contributed by atoms with Crippen molar-refractivity contribution in [1.82, 2.24) is 25.1 Å². The smallest absolute Gasteiger partial charge is 0.156 e. The van der Waals surface area contributed by atoms with Gasteiger partial charge in [-0.1, -0.05) is 20.8 Å². The van der Waals surface area contributed by atoms with E-state index in [1.54, 1.807) is 0 Å². The van der Waals surface area contributed by atoms with Crippen LogP contribution in [-0.2, 0) is 12.0 Å². The van der Waals surface area contributed by atoms with E-state index in [4.69, 9.17) is 0 Å². The van der Waals surface area contributed by atoms with Crippen molar-refractivity contribution < 1.29 is 0 Å². The second kappa shape index (κ2) is 6.16. The van der Waals surface area contributed by atoms with Crippen molar-refractivity contribution in [2.45, 2.75) is 51.5 Å². The molecule has 0 aromatic carbocycles. The van der Waals surface area contributed by atoms with Crippen LogP contribution < -0.4 is 0 Å². The Balaban J connectivity index is 1.64. The monoisotopic (exact) mass is 299 g/mol. The predicted octanol–water partition coefficient (Wildman–Crippen LogP) is 2.88. The molecule has 0 radical (unpaired) electrons. The van der Waals surface area contributed by atoms with Gasteiger partial charge < -0.3 is 0 Å². The molecule has 2 aromatic heterocycles. The first-order chi connectivity index (χ1) is 10.5. The molecule has 0 aliphatic carbocycles. The quantitative estimate of drug-likeness (QED) is 0.947. The largest absolute Gasteiger partial charge is 0.295 e. The summed E-state index contributed by atoms with van der Waals surface area (Å²) in [4.78, 5) is 11.2. The first kappa shape index (κ1) is 15.2. The van der Waals surface area contributed by atoms with Crippen LogP contribution in [-0.4, -0.2) is 38.2 Å². The fourth-order valence-corrected chi connectivity index (χ4v) is 3.02. The number of aromatic amines is 1. The molecule has 1 aliphatic heterocycles. The second-order valence-corrected chi connectivity index (χ2v) is 7.21. The number of hydrogen-bond acceptors (Lipinski definition) is 4. The van der Waals surface area contributed by atoms with Gasteiger partial charge in [-0.15, -0.1) is 0 Å². The van der Waals surface area contributed by atoms with E-state index in [0.717, 1.165) is 31.3 Å². The molecular weight excluding hydrogens is 274 g/mol. The topological polar surface area (TPSA) is 57.7 Å². The number of hydrogen-bond donors (Lipinski definition) is 1. The zero-order valence-corrected chi connectivity index (χ0v) is 13.7. The van der Waals surface area contributed by atoms with Crippen molar-refractivity contribution in [2.75, 3.05) is 13.1 Å². The molecule has 2 aromatic rings. The van der Waals surface area contributed by atoms with Gasteiger partial charge in [0.2, 0.25) is 0 Å². The number of pyridine rings is 1. The Morgan fingerprint density at radius 3 is 2.73 bits per heavy atom. The van der Waals surface area contributed by atoms with Crippen LogP contribution in [0.2, 0.25) is 0 Å². The maximum atomic E-state index is 4.66. The van der Waals surface area contributed by atoms with Crippen LogP contribution in [0.25, 0.3) is 0 Å². The van der Waals surface area contributed by atoms with Crippen LogP contribution in [0.15, 0.2) is 24.5 Å². The van der Waals surface area contributed by atoms with Crippen LogP contribution in [0.5, 0.6) is 0 Å². The summed E-state index contributed by atoms with van der Waals surface area (Å²) in [5.41, 5.74) is 1.39. The average Bonchev–Trinajstić information content (AvgIpc) is 2.97. The van der Waals surface area contributed by atoms with E-state index in [-0.39, 0.29) is 5.41 Å². The molecule has 1 atom stereocenters. The Morgan fingerprint density at radius 2 is 2.05 bits per heavy atom. The minimum Gasteiger partial charge on any atom is -0.295 e. The highest BCUT2D eigenvalue weighted by Crippen LogP contribution is 2.27. The Morgan fingerprint density at radius 1 is 1.27 bits per heavy atom. The fraction of sp³-hybridized carbons (Fsp3) is 0.588. The first-order valence-corrected chi connectivity index (χ1v) is 8.06. The number of H-pyrrole nitrogens is 1. The fourth-order valence-electron chi connectivity index (χ4n) is 3.02. The summed E-state index contributed by atoms with van der Waals surface area (Å²) in [6.07, 6.45) is 6.26. The lowest BCUT2D eigenvalue weighted by Gasteiger charge is -2.32. The summed E-state index contributed by atoms with van der Waals surface area (Å²) in [7, 11) is 0. The van der Waals surface area contributed by atoms with E-state index >= 15 is 0 Å². The third-order valence-electron chi connectivity index (χ3n) is 4.26. The first-order valence-electron chi connectivity index (χ1n) is 8.06. The number of aromatic nitrogens is 4. The molecule has 0 saturated carbocycles. The zero-order valence-electron chi connectivity index (χ0n) is 13.7. The van der Waals surface area contributed by atoms with Crippen molar-refractivity contribution in [3.05, 3.63) is 41.7 Å². The van der Waals surface area contributed by atoms with E-state index in [1.807, 2.05) is 12.4 Å². The number of likely N-dealkylation sites (tertiary alicyclic amines) is 1. The molecule has 3 heterocycles. The molecule has 1 N–H and O–H groups in total. The van der Waals surface area contributed by atoms with Gasteiger partial charge in [-0.3, -0.25) is 15.0 Å². The third-order valence-corrected chi connectivity index (χ3v) is 4.26. The van der Waals surface area contributed by atoms with Crippen molar-refractivity contribution in [3.63, 3.8) is 0 Å². The van der Waals surface area contributed by atoms with Crippen molar-refractivity contribution in [1.29, 1.82) is 0 Å². The van der Waals surface area contributed by atoms with Crippen LogP contribution in [0.1, 0.15) is 56.7 Å². The van der Waals surface area contributed by atoms with Gasteiger partial charge >= 0.3 is 0 Å². The molecule has 118 valence electrons. The second-order valence-electron chi connectivity index (χ2n) is 7.21. The highest BCUT2D eigenvalue weighted by Gasteiger charge is 2.24. The van der Waals surface area contributed by atoms with Gasteiger partial charge in [0.1, 0.15) is 5.82 Å². The van der Waals surface area contributed by atoms with Gasteiger partial charge in [0.25, 0.3) is 0 Å². The molecule has 1 fully saturated rings. The lowest BCUT2D eigenvalue weighted by atomic mass is 9.91. The van der Waals surface area contributed by atoms with Crippen LogP contribution in [0, 0.1) is 0 Å². The highest BCUT2D eigenvalue weighted by molar-refractivity contribution is 5.17. The average molecular weight is 299 g/mol. The van der Waals surface area contributed by atoms with Gasteiger partial charge in [-0.25, -0.2) is 4.98 Å². The molecule has 0 bridgehead atoms. The maximum Gasteiger partial charge on any atom is 0.156 e. The van der Waals surface area contributed by atoms with Gasteiger partial charge in [0, 0.05) is 24.4 Å². The molecule has 3 rings (SSSR count). The lowest BCUT2D eigenvalue weighted by molar-refractivity contribution is 0.196. The van der Waals surface area contributed by atoms with E-state index in [2.05, 4.69) is 58.0 Å². The molecule has 0 amide bonds.